The van der Waals surface area contributed by atoms with Crippen LogP contribution in [0.5, 0.6) is 5.75 Å². The van der Waals surface area contributed by atoms with Crippen LogP contribution < -0.4 is 5.32 Å². The van der Waals surface area contributed by atoms with Crippen LogP contribution in [0.25, 0.3) is 22.0 Å². The molecule has 0 radical (unpaired) electrons. The number of aromatic nitrogens is 1. The summed E-state index contributed by atoms with van der Waals surface area (Å²) < 4.78 is 14.1. The highest BCUT2D eigenvalue weighted by atomic mass is 35.5. The number of phenolic OH excluding ortho intramolecular Hbond substituents is 1. The van der Waals surface area contributed by atoms with Crippen molar-refractivity contribution in [3.8, 4) is 16.9 Å². The minimum atomic E-state index is -0.777. The molecule has 0 unspecified atom stereocenters. The van der Waals surface area contributed by atoms with E-state index in [-0.39, 0.29) is 41.7 Å². The topological polar surface area (TPSA) is 65.5 Å². The molecule has 2 aromatic carbocycles. The maximum atomic E-state index is 14.1. The standard InChI is InChI=1S/C26H29ClFN3O2.2ClH/c1-15(32)21-13-29-24-9-6-17(18-11-22(27)26(33)23(28)12-18)10-20(24)25(21)30-19-7-4-16(5-8-19)14-31(2)3;;/h6,9-13,16,19,33H,4-5,7-8,14H2,1-3H3,(H,29,30);2*1H. The third-order valence-electron chi connectivity index (χ3n) is 6.42. The zero-order chi connectivity index (χ0) is 23.7. The second-order valence-electron chi connectivity index (χ2n) is 9.25. The maximum absolute atomic E-state index is 14.1. The number of aromatic hydroxyl groups is 1. The number of phenols is 1. The Morgan fingerprint density at radius 3 is 2.43 bits per heavy atom. The Labute approximate surface area is 222 Å². The number of carbonyl (C=O) groups is 1. The van der Waals surface area contributed by atoms with Gasteiger partial charge in [0.05, 0.1) is 21.8 Å². The van der Waals surface area contributed by atoms with Crippen LogP contribution in [0.3, 0.4) is 0 Å². The third kappa shape index (κ3) is 6.56. The molecule has 3 aromatic rings. The number of halogens is 4. The first-order valence-corrected chi connectivity index (χ1v) is 11.6. The third-order valence-corrected chi connectivity index (χ3v) is 6.70. The molecule has 1 aliphatic rings. The van der Waals surface area contributed by atoms with Gasteiger partial charge >= 0.3 is 0 Å². The van der Waals surface area contributed by atoms with Crippen LogP contribution >= 0.6 is 36.4 Å². The summed E-state index contributed by atoms with van der Waals surface area (Å²) in [6.07, 6.45) is 5.99. The van der Waals surface area contributed by atoms with Crippen LogP contribution in [0, 0.1) is 11.7 Å². The second kappa shape index (κ2) is 12.2. The number of hydrogen-bond acceptors (Lipinski definition) is 5. The van der Waals surface area contributed by atoms with Crippen LogP contribution in [0.1, 0.15) is 43.0 Å². The van der Waals surface area contributed by atoms with Gasteiger partial charge in [-0.05, 0) is 88.0 Å². The van der Waals surface area contributed by atoms with Gasteiger partial charge in [-0.25, -0.2) is 4.39 Å². The number of Topliss-reactive ketones (excluding diaryl/α,β-unsaturated/α-hetero) is 1. The Balaban J connectivity index is 0.00000216. The molecule has 9 heteroatoms. The number of fused-ring (bicyclic) bond motifs is 1. The molecular weight excluding hydrogens is 512 g/mol. The second-order valence-corrected chi connectivity index (χ2v) is 9.65. The van der Waals surface area contributed by atoms with Crippen molar-refractivity contribution in [2.24, 2.45) is 5.92 Å². The first-order chi connectivity index (χ1) is 15.7. The monoisotopic (exact) mass is 541 g/mol. The lowest BCUT2D eigenvalue weighted by atomic mass is 9.85. The minimum Gasteiger partial charge on any atom is -0.504 e. The molecule has 0 atom stereocenters. The normalized spacial score (nSPS) is 17.5. The number of nitrogens with zero attached hydrogens (tertiary/aromatic N) is 2. The van der Waals surface area contributed by atoms with E-state index in [0.29, 0.717) is 17.0 Å². The van der Waals surface area contributed by atoms with E-state index in [0.717, 1.165) is 54.4 Å². The molecule has 1 aromatic heterocycles. The fourth-order valence-electron chi connectivity index (χ4n) is 4.74. The summed E-state index contributed by atoms with van der Waals surface area (Å²) >= 11 is 5.99. The first-order valence-electron chi connectivity index (χ1n) is 11.3. The van der Waals surface area contributed by atoms with E-state index in [1.165, 1.54) is 12.1 Å². The lowest BCUT2D eigenvalue weighted by Gasteiger charge is -2.32. The zero-order valence-corrected chi connectivity index (χ0v) is 22.4. The lowest BCUT2D eigenvalue weighted by Crippen LogP contribution is -2.31. The fraction of sp³-hybridized carbons (Fsp3) is 0.385. The average Bonchev–Trinajstić information content (AvgIpc) is 2.77. The van der Waals surface area contributed by atoms with Crippen LogP contribution in [0.2, 0.25) is 5.02 Å². The van der Waals surface area contributed by atoms with E-state index < -0.39 is 11.6 Å². The molecule has 1 saturated carbocycles. The summed E-state index contributed by atoms with van der Waals surface area (Å²) in [6.45, 7) is 2.64. The Hall–Kier alpha value is -2.12. The van der Waals surface area contributed by atoms with E-state index >= 15 is 0 Å². The predicted octanol–water partition coefficient (Wildman–Crippen LogP) is 6.98. The van der Waals surface area contributed by atoms with Crippen molar-refractivity contribution in [2.75, 3.05) is 26.0 Å². The molecule has 2 N–H and O–H groups in total. The maximum Gasteiger partial charge on any atom is 0.170 e. The number of ketones is 1. The molecule has 4 rings (SSSR count). The molecule has 190 valence electrons. The van der Waals surface area contributed by atoms with Crippen molar-refractivity contribution in [1.29, 1.82) is 0 Å². The molecule has 0 aliphatic heterocycles. The smallest absolute Gasteiger partial charge is 0.170 e. The lowest BCUT2D eigenvalue weighted by molar-refractivity contribution is 0.101. The van der Waals surface area contributed by atoms with Crippen molar-refractivity contribution in [1.82, 2.24) is 9.88 Å². The molecule has 1 heterocycles. The Kier molecular flexibility index (Phi) is 10.2. The van der Waals surface area contributed by atoms with Gasteiger partial charge < -0.3 is 15.3 Å². The highest BCUT2D eigenvalue weighted by Gasteiger charge is 2.24. The highest BCUT2D eigenvalue weighted by molar-refractivity contribution is 6.32. The van der Waals surface area contributed by atoms with Gasteiger partial charge in [0.2, 0.25) is 0 Å². The van der Waals surface area contributed by atoms with Crippen LogP contribution in [-0.2, 0) is 0 Å². The first kappa shape index (κ1) is 29.1. The SMILES string of the molecule is CC(=O)c1cnc2ccc(-c3cc(F)c(O)c(Cl)c3)cc2c1NC1CCC(CN(C)C)CC1.Cl.Cl. The van der Waals surface area contributed by atoms with Crippen molar-refractivity contribution < 1.29 is 14.3 Å². The molecule has 1 aliphatic carbocycles. The molecule has 0 amide bonds. The van der Waals surface area contributed by atoms with Crippen LogP contribution in [-0.4, -0.2) is 47.5 Å². The highest BCUT2D eigenvalue weighted by Crippen LogP contribution is 2.36. The summed E-state index contributed by atoms with van der Waals surface area (Å²) in [5, 5.41) is 14.1. The van der Waals surface area contributed by atoms with Gasteiger partial charge in [0, 0.05) is 24.2 Å². The molecule has 5 nitrogen and oxygen atoms in total. The summed E-state index contributed by atoms with van der Waals surface area (Å²) in [6, 6.07) is 8.65. The van der Waals surface area contributed by atoms with E-state index in [4.69, 9.17) is 11.6 Å². The Morgan fingerprint density at radius 2 is 1.83 bits per heavy atom. The number of benzene rings is 2. The quantitative estimate of drug-likeness (QED) is 0.329. The van der Waals surface area contributed by atoms with Gasteiger partial charge in [0.15, 0.2) is 17.3 Å². The molecular formula is C26H31Cl3FN3O2. The predicted molar refractivity (Wildman–Crippen MR) is 146 cm³/mol. The molecule has 0 spiro atoms. The Morgan fingerprint density at radius 1 is 1.14 bits per heavy atom. The van der Waals surface area contributed by atoms with E-state index in [2.05, 4.69) is 29.3 Å². The summed E-state index contributed by atoms with van der Waals surface area (Å²) in [5.41, 5.74) is 3.34. The summed E-state index contributed by atoms with van der Waals surface area (Å²) in [4.78, 5) is 19.1. The number of carbonyl (C=O) groups excluding carboxylic acids is 1. The summed E-state index contributed by atoms with van der Waals surface area (Å²) in [7, 11) is 4.22. The molecule has 1 fully saturated rings. The number of anilines is 1. The number of pyridine rings is 1. The fourth-order valence-corrected chi connectivity index (χ4v) is 4.94. The van der Waals surface area contributed by atoms with Gasteiger partial charge in [-0.1, -0.05) is 17.7 Å². The zero-order valence-electron chi connectivity index (χ0n) is 20.0. The number of hydrogen-bond donors (Lipinski definition) is 2. The van der Waals surface area contributed by atoms with Gasteiger partial charge in [0.1, 0.15) is 0 Å². The van der Waals surface area contributed by atoms with Crippen molar-refractivity contribution >= 4 is 58.8 Å². The number of nitrogens with one attached hydrogen (secondary N) is 1. The van der Waals surface area contributed by atoms with Crippen LogP contribution in [0.15, 0.2) is 36.5 Å². The van der Waals surface area contributed by atoms with Gasteiger partial charge in [-0.3, -0.25) is 9.78 Å². The van der Waals surface area contributed by atoms with Gasteiger partial charge in [0.25, 0.3) is 0 Å². The molecule has 35 heavy (non-hydrogen) atoms. The van der Waals surface area contributed by atoms with E-state index in [9.17, 15) is 14.3 Å². The van der Waals surface area contributed by atoms with Crippen molar-refractivity contribution in [3.63, 3.8) is 0 Å². The summed E-state index contributed by atoms with van der Waals surface area (Å²) in [5.74, 6) is -0.701. The van der Waals surface area contributed by atoms with Crippen LogP contribution in [0.4, 0.5) is 10.1 Å². The van der Waals surface area contributed by atoms with Crippen molar-refractivity contribution in [2.45, 2.75) is 38.6 Å². The van der Waals surface area contributed by atoms with E-state index in [1.54, 1.807) is 13.1 Å². The number of rotatable bonds is 6. The average molecular weight is 543 g/mol. The minimum absolute atomic E-state index is 0. The van der Waals surface area contributed by atoms with Crippen molar-refractivity contribution in [3.05, 3.63) is 52.9 Å². The van der Waals surface area contributed by atoms with E-state index in [1.807, 2.05) is 18.2 Å². The molecule has 0 bridgehead atoms. The Bertz CT molecular complexity index is 1170. The van der Waals surface area contributed by atoms with Gasteiger partial charge in [-0.15, -0.1) is 24.8 Å². The largest absolute Gasteiger partial charge is 0.504 e. The molecule has 0 saturated heterocycles. The van der Waals surface area contributed by atoms with Gasteiger partial charge in [-0.2, -0.15) is 0 Å².